The first kappa shape index (κ1) is 15.7. The van der Waals surface area contributed by atoms with E-state index in [0.29, 0.717) is 12.2 Å². The van der Waals surface area contributed by atoms with E-state index < -0.39 is 0 Å². The molecule has 94 valence electrons. The Labute approximate surface area is 108 Å². The van der Waals surface area contributed by atoms with Crippen LogP contribution in [-0.2, 0) is 9.53 Å². The molecule has 0 amide bonds. The van der Waals surface area contributed by atoms with Crippen LogP contribution < -0.4 is 0 Å². The van der Waals surface area contributed by atoms with Crippen molar-refractivity contribution in [3.63, 3.8) is 0 Å². The normalized spacial score (nSPS) is 10.1. The van der Waals surface area contributed by atoms with Crippen molar-refractivity contribution in [2.45, 2.75) is 51.9 Å². The van der Waals surface area contributed by atoms with Crippen LogP contribution in [-0.4, -0.2) is 17.9 Å². The third kappa shape index (κ3) is 10.2. The molecule has 16 heavy (non-hydrogen) atoms. The Balaban J connectivity index is 3.10. The first-order chi connectivity index (χ1) is 7.68. The van der Waals surface area contributed by atoms with Gasteiger partial charge in [0.2, 0.25) is 0 Å². The second kappa shape index (κ2) is 11.2. The molecule has 0 saturated heterocycles. The molecular formula is C13H23BrO2. The van der Waals surface area contributed by atoms with Gasteiger partial charge in [-0.15, -0.1) is 0 Å². The number of esters is 1. The van der Waals surface area contributed by atoms with Crippen molar-refractivity contribution < 1.29 is 9.53 Å². The Kier molecular flexibility index (Phi) is 11.0. The lowest BCUT2D eigenvalue weighted by atomic mass is 10.1. The van der Waals surface area contributed by atoms with Gasteiger partial charge in [-0.05, 0) is 19.8 Å². The van der Waals surface area contributed by atoms with E-state index in [1.807, 2.05) is 0 Å². The van der Waals surface area contributed by atoms with E-state index in [9.17, 15) is 4.79 Å². The number of halogens is 1. The number of unbranched alkanes of at least 4 members (excludes halogenated alkanes) is 6. The van der Waals surface area contributed by atoms with Crippen LogP contribution in [0.15, 0.2) is 12.2 Å². The molecule has 2 nitrogen and oxygen atoms in total. The van der Waals surface area contributed by atoms with Crippen molar-refractivity contribution >= 4 is 21.9 Å². The van der Waals surface area contributed by atoms with Gasteiger partial charge in [0.15, 0.2) is 0 Å². The molecule has 0 rings (SSSR count). The average molecular weight is 291 g/mol. The highest BCUT2D eigenvalue weighted by atomic mass is 79.9. The molecule has 0 aromatic rings. The predicted molar refractivity (Wildman–Crippen MR) is 71.9 cm³/mol. The molecule has 3 heteroatoms. The van der Waals surface area contributed by atoms with Crippen LogP contribution in [0, 0.1) is 0 Å². The van der Waals surface area contributed by atoms with Crippen molar-refractivity contribution in [3.05, 3.63) is 12.2 Å². The van der Waals surface area contributed by atoms with Gasteiger partial charge < -0.3 is 4.74 Å². The lowest BCUT2D eigenvalue weighted by Crippen LogP contribution is -2.05. The van der Waals surface area contributed by atoms with Crippen molar-refractivity contribution in [2.75, 3.05) is 11.9 Å². The second-order valence-corrected chi connectivity index (χ2v) is 4.87. The fraction of sp³-hybridized carbons (Fsp3) is 0.769. The van der Waals surface area contributed by atoms with E-state index >= 15 is 0 Å². The number of alkyl halides is 1. The molecule has 0 fully saturated rings. The summed E-state index contributed by atoms with van der Waals surface area (Å²) in [7, 11) is 0. The van der Waals surface area contributed by atoms with Crippen LogP contribution in [0.1, 0.15) is 51.9 Å². The van der Waals surface area contributed by atoms with Crippen LogP contribution in [0.4, 0.5) is 0 Å². The van der Waals surface area contributed by atoms with Crippen molar-refractivity contribution in [3.8, 4) is 0 Å². The molecule has 0 N–H and O–H groups in total. The van der Waals surface area contributed by atoms with Gasteiger partial charge >= 0.3 is 5.97 Å². The Morgan fingerprint density at radius 2 is 1.56 bits per heavy atom. The van der Waals surface area contributed by atoms with Gasteiger partial charge in [-0.1, -0.05) is 54.6 Å². The molecule has 0 atom stereocenters. The highest BCUT2D eigenvalue weighted by molar-refractivity contribution is 9.09. The monoisotopic (exact) mass is 290 g/mol. The molecule has 0 aliphatic carbocycles. The van der Waals surface area contributed by atoms with Crippen LogP contribution in [0.5, 0.6) is 0 Å². The van der Waals surface area contributed by atoms with E-state index in [4.69, 9.17) is 4.74 Å². The summed E-state index contributed by atoms with van der Waals surface area (Å²) < 4.78 is 5.00. The van der Waals surface area contributed by atoms with Gasteiger partial charge in [-0.2, -0.15) is 0 Å². The zero-order chi connectivity index (χ0) is 12.2. The molecule has 0 radical (unpaired) electrons. The third-order valence-electron chi connectivity index (χ3n) is 2.36. The summed E-state index contributed by atoms with van der Waals surface area (Å²) in [5.74, 6) is -0.266. The van der Waals surface area contributed by atoms with E-state index in [0.717, 1.165) is 18.2 Å². The number of rotatable bonds is 10. The number of carbonyl (C=O) groups is 1. The van der Waals surface area contributed by atoms with Gasteiger partial charge in [0.05, 0.1) is 6.61 Å². The standard InChI is InChI=1S/C13H23BrO2/c1-12(2)13(15)16-11-9-7-5-3-4-6-8-10-14/h1,3-11H2,2H3. The molecule has 0 aromatic heterocycles. The maximum absolute atomic E-state index is 11.0. The Morgan fingerprint density at radius 3 is 2.06 bits per heavy atom. The second-order valence-electron chi connectivity index (χ2n) is 4.08. The largest absolute Gasteiger partial charge is 0.462 e. The summed E-state index contributed by atoms with van der Waals surface area (Å²) in [5.41, 5.74) is 0.481. The average Bonchev–Trinajstić information content (AvgIpc) is 2.26. The number of carbonyl (C=O) groups excluding carboxylic acids is 1. The zero-order valence-electron chi connectivity index (χ0n) is 10.3. The third-order valence-corrected chi connectivity index (χ3v) is 2.92. The van der Waals surface area contributed by atoms with E-state index in [-0.39, 0.29) is 5.97 Å². The van der Waals surface area contributed by atoms with Crippen LogP contribution >= 0.6 is 15.9 Å². The molecule has 0 aliphatic heterocycles. The number of hydrogen-bond acceptors (Lipinski definition) is 2. The molecule has 0 saturated carbocycles. The van der Waals surface area contributed by atoms with Gasteiger partial charge in [0, 0.05) is 10.9 Å². The van der Waals surface area contributed by atoms with Gasteiger partial charge in [0.1, 0.15) is 0 Å². The molecule has 0 bridgehead atoms. The van der Waals surface area contributed by atoms with Gasteiger partial charge in [-0.3, -0.25) is 0 Å². The molecule has 0 heterocycles. The molecule has 0 aromatic carbocycles. The summed E-state index contributed by atoms with van der Waals surface area (Å²) in [6.07, 6.45) is 8.56. The minimum atomic E-state index is -0.266. The molecule has 0 spiro atoms. The minimum Gasteiger partial charge on any atom is -0.462 e. The molecular weight excluding hydrogens is 268 g/mol. The number of hydrogen-bond donors (Lipinski definition) is 0. The topological polar surface area (TPSA) is 26.3 Å². The van der Waals surface area contributed by atoms with E-state index in [1.165, 1.54) is 32.1 Å². The van der Waals surface area contributed by atoms with Crippen LogP contribution in [0.25, 0.3) is 0 Å². The first-order valence-corrected chi connectivity index (χ1v) is 7.19. The van der Waals surface area contributed by atoms with Crippen molar-refractivity contribution in [1.29, 1.82) is 0 Å². The van der Waals surface area contributed by atoms with Crippen molar-refractivity contribution in [2.24, 2.45) is 0 Å². The maximum Gasteiger partial charge on any atom is 0.333 e. The quantitative estimate of drug-likeness (QED) is 0.260. The van der Waals surface area contributed by atoms with E-state index in [2.05, 4.69) is 22.5 Å². The van der Waals surface area contributed by atoms with Crippen LogP contribution in [0.3, 0.4) is 0 Å². The highest BCUT2D eigenvalue weighted by Crippen LogP contribution is 2.08. The zero-order valence-corrected chi connectivity index (χ0v) is 11.9. The Bertz CT molecular complexity index is 202. The molecule has 0 aliphatic rings. The van der Waals surface area contributed by atoms with Crippen LogP contribution in [0.2, 0.25) is 0 Å². The maximum atomic E-state index is 11.0. The summed E-state index contributed by atoms with van der Waals surface area (Å²) in [6.45, 7) is 5.74. The smallest absolute Gasteiger partial charge is 0.333 e. The summed E-state index contributed by atoms with van der Waals surface area (Å²) in [4.78, 5) is 11.0. The minimum absolute atomic E-state index is 0.266. The molecule has 0 unspecified atom stereocenters. The highest BCUT2D eigenvalue weighted by Gasteiger charge is 2.01. The summed E-state index contributed by atoms with van der Waals surface area (Å²) in [6, 6.07) is 0. The fourth-order valence-electron chi connectivity index (χ4n) is 1.37. The van der Waals surface area contributed by atoms with E-state index in [1.54, 1.807) is 6.92 Å². The lowest BCUT2D eigenvalue weighted by Gasteiger charge is -2.04. The SMILES string of the molecule is C=C(C)C(=O)OCCCCCCCCCBr. The predicted octanol–water partition coefficient (Wildman–Crippen LogP) is 4.23. The van der Waals surface area contributed by atoms with Crippen molar-refractivity contribution in [1.82, 2.24) is 0 Å². The fourth-order valence-corrected chi connectivity index (χ4v) is 1.77. The first-order valence-electron chi connectivity index (χ1n) is 6.07. The summed E-state index contributed by atoms with van der Waals surface area (Å²) in [5, 5.41) is 1.11. The Morgan fingerprint density at radius 1 is 1.06 bits per heavy atom. The number of ether oxygens (including phenoxy) is 1. The van der Waals surface area contributed by atoms with Gasteiger partial charge in [0.25, 0.3) is 0 Å². The van der Waals surface area contributed by atoms with Gasteiger partial charge in [-0.25, -0.2) is 4.79 Å². The summed E-state index contributed by atoms with van der Waals surface area (Å²) >= 11 is 3.42. The Hall–Kier alpha value is -0.310. The lowest BCUT2D eigenvalue weighted by molar-refractivity contribution is -0.139.